The SMILES string of the molecule is Cl.N#Cc1cnc2ccccc2c1Nc1ccc(F)c(F)c1. The number of aromatic nitrogens is 1. The molecule has 0 aliphatic rings. The minimum Gasteiger partial charge on any atom is -0.354 e. The Morgan fingerprint density at radius 1 is 1.05 bits per heavy atom. The Bertz CT molecular complexity index is 875. The van der Waals surface area contributed by atoms with Gasteiger partial charge in [-0.1, -0.05) is 18.2 Å². The lowest BCUT2D eigenvalue weighted by Gasteiger charge is -2.11. The van der Waals surface area contributed by atoms with Crippen molar-refractivity contribution in [3.05, 3.63) is 65.9 Å². The molecule has 2 aromatic carbocycles. The van der Waals surface area contributed by atoms with Crippen LogP contribution < -0.4 is 5.32 Å². The summed E-state index contributed by atoms with van der Waals surface area (Å²) in [7, 11) is 0. The van der Waals surface area contributed by atoms with Crippen LogP contribution in [0.25, 0.3) is 10.9 Å². The second-order valence-corrected chi connectivity index (χ2v) is 4.43. The minimum atomic E-state index is -0.947. The number of fused-ring (bicyclic) bond motifs is 1. The molecule has 110 valence electrons. The molecule has 3 rings (SSSR count). The fraction of sp³-hybridized carbons (Fsp3) is 0. The van der Waals surface area contributed by atoms with Gasteiger partial charge in [0.05, 0.1) is 16.8 Å². The monoisotopic (exact) mass is 317 g/mol. The van der Waals surface area contributed by atoms with E-state index in [2.05, 4.69) is 10.3 Å². The molecule has 0 saturated carbocycles. The Morgan fingerprint density at radius 2 is 1.82 bits per heavy atom. The molecular formula is C16H10ClF2N3. The number of anilines is 2. The van der Waals surface area contributed by atoms with Gasteiger partial charge < -0.3 is 5.32 Å². The summed E-state index contributed by atoms with van der Waals surface area (Å²) in [5.41, 5.74) is 1.93. The van der Waals surface area contributed by atoms with Crippen LogP contribution in [0.15, 0.2) is 48.7 Å². The van der Waals surface area contributed by atoms with Gasteiger partial charge in [-0.05, 0) is 18.2 Å². The topological polar surface area (TPSA) is 48.7 Å². The molecule has 3 aromatic rings. The largest absolute Gasteiger partial charge is 0.354 e. The Morgan fingerprint density at radius 3 is 2.55 bits per heavy atom. The summed E-state index contributed by atoms with van der Waals surface area (Å²) >= 11 is 0. The van der Waals surface area contributed by atoms with Crippen molar-refractivity contribution in [2.24, 2.45) is 0 Å². The first-order valence-corrected chi connectivity index (χ1v) is 6.19. The van der Waals surface area contributed by atoms with Crippen LogP contribution in [0.1, 0.15) is 5.56 Å². The molecule has 0 aliphatic carbocycles. The van der Waals surface area contributed by atoms with Crippen LogP contribution in [0.3, 0.4) is 0 Å². The number of nitrogens with one attached hydrogen (secondary N) is 1. The average molecular weight is 318 g/mol. The van der Waals surface area contributed by atoms with Gasteiger partial charge in [0.2, 0.25) is 0 Å². The van der Waals surface area contributed by atoms with Gasteiger partial charge in [0, 0.05) is 23.3 Å². The van der Waals surface area contributed by atoms with Crippen molar-refractivity contribution >= 4 is 34.7 Å². The van der Waals surface area contributed by atoms with E-state index in [0.717, 1.165) is 17.5 Å². The van der Waals surface area contributed by atoms with Crippen LogP contribution in [-0.2, 0) is 0 Å². The fourth-order valence-electron chi connectivity index (χ4n) is 2.08. The molecule has 0 unspecified atom stereocenters. The smallest absolute Gasteiger partial charge is 0.160 e. The Kier molecular flexibility index (Phi) is 4.54. The molecule has 0 spiro atoms. The second-order valence-electron chi connectivity index (χ2n) is 4.43. The molecule has 0 atom stereocenters. The molecule has 0 saturated heterocycles. The average Bonchev–Trinajstić information content (AvgIpc) is 2.51. The molecule has 0 amide bonds. The maximum Gasteiger partial charge on any atom is 0.160 e. The van der Waals surface area contributed by atoms with E-state index in [0.29, 0.717) is 22.5 Å². The summed E-state index contributed by atoms with van der Waals surface area (Å²) in [5.74, 6) is -1.86. The van der Waals surface area contributed by atoms with Crippen molar-refractivity contribution in [3.63, 3.8) is 0 Å². The number of nitrogens with zero attached hydrogens (tertiary/aromatic N) is 2. The third-order valence-corrected chi connectivity index (χ3v) is 3.08. The molecule has 1 N–H and O–H groups in total. The van der Waals surface area contributed by atoms with Crippen LogP contribution >= 0.6 is 12.4 Å². The number of hydrogen-bond acceptors (Lipinski definition) is 3. The van der Waals surface area contributed by atoms with Crippen LogP contribution in [0, 0.1) is 23.0 Å². The number of pyridine rings is 1. The Balaban J connectivity index is 0.00000176. The van der Waals surface area contributed by atoms with E-state index in [1.165, 1.54) is 12.3 Å². The Labute approximate surface area is 131 Å². The quantitative estimate of drug-likeness (QED) is 0.754. The van der Waals surface area contributed by atoms with Gasteiger partial charge in [-0.15, -0.1) is 12.4 Å². The summed E-state index contributed by atoms with van der Waals surface area (Å²) in [5, 5.41) is 12.9. The lowest BCUT2D eigenvalue weighted by Crippen LogP contribution is -1.97. The maximum absolute atomic E-state index is 13.3. The Hall–Kier alpha value is -2.71. The van der Waals surface area contributed by atoms with Gasteiger partial charge in [0.15, 0.2) is 11.6 Å². The van der Waals surface area contributed by atoms with Crippen LogP contribution in [-0.4, -0.2) is 4.98 Å². The lowest BCUT2D eigenvalue weighted by molar-refractivity contribution is 0.509. The molecule has 6 heteroatoms. The van der Waals surface area contributed by atoms with Gasteiger partial charge in [-0.3, -0.25) is 4.98 Å². The van der Waals surface area contributed by atoms with E-state index in [1.54, 1.807) is 0 Å². The summed E-state index contributed by atoms with van der Waals surface area (Å²) in [6.45, 7) is 0. The normalized spacial score (nSPS) is 9.86. The van der Waals surface area contributed by atoms with Crippen molar-refractivity contribution in [2.45, 2.75) is 0 Å². The third kappa shape index (κ3) is 2.83. The minimum absolute atomic E-state index is 0. The van der Waals surface area contributed by atoms with Gasteiger partial charge in [-0.25, -0.2) is 8.78 Å². The zero-order chi connectivity index (χ0) is 14.8. The summed E-state index contributed by atoms with van der Waals surface area (Å²) in [4.78, 5) is 4.19. The van der Waals surface area contributed by atoms with E-state index in [4.69, 9.17) is 0 Å². The number of hydrogen-bond donors (Lipinski definition) is 1. The molecule has 3 nitrogen and oxygen atoms in total. The predicted octanol–water partition coefficient (Wildman–Crippen LogP) is 4.55. The molecule has 22 heavy (non-hydrogen) atoms. The first kappa shape index (κ1) is 15.7. The first-order chi connectivity index (χ1) is 10.2. The molecule has 0 bridgehead atoms. The summed E-state index contributed by atoms with van der Waals surface area (Å²) in [6, 6.07) is 12.8. The molecule has 0 radical (unpaired) electrons. The second kappa shape index (κ2) is 6.37. The maximum atomic E-state index is 13.3. The van der Waals surface area contributed by atoms with Crippen molar-refractivity contribution in [1.29, 1.82) is 5.26 Å². The van der Waals surface area contributed by atoms with Crippen molar-refractivity contribution in [3.8, 4) is 6.07 Å². The van der Waals surface area contributed by atoms with E-state index >= 15 is 0 Å². The van der Waals surface area contributed by atoms with Crippen LogP contribution in [0.4, 0.5) is 20.2 Å². The molecular weight excluding hydrogens is 308 g/mol. The summed E-state index contributed by atoms with van der Waals surface area (Å²) < 4.78 is 26.3. The highest BCUT2D eigenvalue weighted by molar-refractivity contribution is 5.95. The molecule has 1 aromatic heterocycles. The van der Waals surface area contributed by atoms with Crippen LogP contribution in [0.5, 0.6) is 0 Å². The van der Waals surface area contributed by atoms with Gasteiger partial charge in [0.25, 0.3) is 0 Å². The lowest BCUT2D eigenvalue weighted by atomic mass is 10.1. The predicted molar refractivity (Wildman–Crippen MR) is 83.3 cm³/mol. The first-order valence-electron chi connectivity index (χ1n) is 6.19. The van der Waals surface area contributed by atoms with Crippen molar-refractivity contribution < 1.29 is 8.78 Å². The van der Waals surface area contributed by atoms with Crippen molar-refractivity contribution in [2.75, 3.05) is 5.32 Å². The summed E-state index contributed by atoms with van der Waals surface area (Å²) in [6.07, 6.45) is 1.45. The fourth-order valence-corrected chi connectivity index (χ4v) is 2.08. The zero-order valence-electron chi connectivity index (χ0n) is 11.2. The number of para-hydroxylation sites is 1. The number of benzene rings is 2. The molecule has 0 aliphatic heterocycles. The van der Waals surface area contributed by atoms with E-state index in [-0.39, 0.29) is 12.4 Å². The molecule has 1 heterocycles. The molecule has 0 fully saturated rings. The zero-order valence-corrected chi connectivity index (χ0v) is 12.0. The van der Waals surface area contributed by atoms with E-state index in [9.17, 15) is 14.0 Å². The highest BCUT2D eigenvalue weighted by Crippen LogP contribution is 2.29. The number of nitriles is 1. The number of rotatable bonds is 2. The van der Waals surface area contributed by atoms with E-state index in [1.807, 2.05) is 30.3 Å². The standard InChI is InChI=1S/C16H9F2N3.ClH/c17-13-6-5-11(7-14(13)18)21-16-10(8-19)9-20-15-4-2-1-3-12(15)16;/h1-7,9H,(H,20,21);1H. The van der Waals surface area contributed by atoms with Gasteiger partial charge in [-0.2, -0.15) is 5.26 Å². The van der Waals surface area contributed by atoms with Gasteiger partial charge >= 0.3 is 0 Å². The van der Waals surface area contributed by atoms with Gasteiger partial charge in [0.1, 0.15) is 6.07 Å². The van der Waals surface area contributed by atoms with Crippen molar-refractivity contribution in [1.82, 2.24) is 4.98 Å². The third-order valence-electron chi connectivity index (χ3n) is 3.08. The van der Waals surface area contributed by atoms with Crippen LogP contribution in [0.2, 0.25) is 0 Å². The van der Waals surface area contributed by atoms with E-state index < -0.39 is 11.6 Å². The highest BCUT2D eigenvalue weighted by Gasteiger charge is 2.10. The highest BCUT2D eigenvalue weighted by atomic mass is 35.5. The number of halogens is 3.